The molecule has 1 amide bonds. The number of carbonyl (C=O) groups is 1. The predicted octanol–water partition coefficient (Wildman–Crippen LogP) is 1.93. The zero-order valence-corrected chi connectivity index (χ0v) is 17.5. The van der Waals surface area contributed by atoms with Crippen LogP contribution in [0.3, 0.4) is 0 Å². The Labute approximate surface area is 187 Å². The Morgan fingerprint density at radius 1 is 1.30 bits per heavy atom. The molecule has 0 aliphatic carbocycles. The second-order valence-corrected chi connectivity index (χ2v) is 7.38. The van der Waals surface area contributed by atoms with Gasteiger partial charge in [0.25, 0.3) is 0 Å². The molecule has 2 aromatic heterocycles. The minimum absolute atomic E-state index is 0.0937. The number of thioether (sulfide) groups is 1. The summed E-state index contributed by atoms with van der Waals surface area (Å²) in [5, 5.41) is 23.5. The summed E-state index contributed by atoms with van der Waals surface area (Å²) in [4.78, 5) is 28.4. The van der Waals surface area contributed by atoms with Gasteiger partial charge in [0.1, 0.15) is 34.1 Å². The summed E-state index contributed by atoms with van der Waals surface area (Å²) >= 11 is 0.700. The molecule has 0 fully saturated rings. The number of nitrogen functional groups attached to an aromatic ring is 1. The smallest absolute Gasteiger partial charge is 0.383 e. The number of alkyl halides is 3. The average molecular weight is 476 g/mol. The molecule has 0 saturated carbocycles. The molecule has 0 unspecified atom stereocenters. The van der Waals surface area contributed by atoms with Gasteiger partial charge in [-0.05, 0) is 17.4 Å². The van der Waals surface area contributed by atoms with Crippen LogP contribution in [-0.4, -0.2) is 21.9 Å². The summed E-state index contributed by atoms with van der Waals surface area (Å²) in [6.45, 7) is 0. The number of carbonyl (C=O) groups excluding carboxylic acids is 1. The van der Waals surface area contributed by atoms with E-state index >= 15 is 0 Å². The molecular formula is C19H13F3N7O3S+. The number of pyridine rings is 1. The molecule has 3 aromatic rings. The maximum Gasteiger partial charge on any atom is 0.435 e. The van der Waals surface area contributed by atoms with Crippen LogP contribution in [0.15, 0.2) is 38.6 Å². The van der Waals surface area contributed by atoms with Gasteiger partial charge in [0.05, 0.1) is 22.6 Å². The molecule has 33 heavy (non-hydrogen) atoms. The van der Waals surface area contributed by atoms with E-state index in [9.17, 15) is 33.3 Å². The van der Waals surface area contributed by atoms with Gasteiger partial charge in [-0.15, -0.1) is 0 Å². The molecule has 10 nitrogen and oxygen atoms in total. The summed E-state index contributed by atoms with van der Waals surface area (Å²) in [6.07, 6.45) is -4.67. The number of halogens is 3. The molecule has 2 heterocycles. The zero-order valence-electron chi connectivity index (χ0n) is 16.6. The maximum absolute atomic E-state index is 13.1. The van der Waals surface area contributed by atoms with Crippen LogP contribution in [0, 0.1) is 22.7 Å². The van der Waals surface area contributed by atoms with Crippen LogP contribution in [0.2, 0.25) is 0 Å². The lowest BCUT2D eigenvalue weighted by Gasteiger charge is -2.13. The minimum atomic E-state index is -4.67. The largest absolute Gasteiger partial charge is 0.435 e. The van der Waals surface area contributed by atoms with Gasteiger partial charge in [0, 0.05) is 0 Å². The van der Waals surface area contributed by atoms with E-state index in [4.69, 9.17) is 5.73 Å². The Hall–Kier alpha value is -4.30. The standard InChI is InChI=1S/C19H12F3N7O3S/c1-29-15(18(31)32-28-29)14-9(6-23)16(25)27-17(10(14)7-24)33-8-13(30)26-12-5-3-2-4-11(12)19(20,21)22/h2-5H,8H2,1H3,(H3-,25,26,27,28,30,31)/p+1. The van der Waals surface area contributed by atoms with Crippen LogP contribution in [-0.2, 0) is 18.0 Å². The van der Waals surface area contributed by atoms with Crippen LogP contribution in [0.25, 0.3) is 11.3 Å². The first-order valence-corrected chi connectivity index (χ1v) is 9.87. The highest BCUT2D eigenvalue weighted by Crippen LogP contribution is 2.35. The second kappa shape index (κ2) is 9.05. The van der Waals surface area contributed by atoms with E-state index in [1.165, 1.54) is 19.2 Å². The number of amides is 1. The Balaban J connectivity index is 1.95. The summed E-state index contributed by atoms with van der Waals surface area (Å²) in [7, 11) is 1.40. The van der Waals surface area contributed by atoms with E-state index in [1.807, 2.05) is 6.07 Å². The van der Waals surface area contributed by atoms with Crippen molar-refractivity contribution in [2.24, 2.45) is 7.05 Å². The van der Waals surface area contributed by atoms with Gasteiger partial charge in [-0.25, -0.2) is 9.78 Å². The summed E-state index contributed by atoms with van der Waals surface area (Å²) in [5.74, 6) is -1.55. The van der Waals surface area contributed by atoms with Crippen molar-refractivity contribution < 1.29 is 27.2 Å². The molecule has 4 N–H and O–H groups in total. The Morgan fingerprint density at radius 3 is 2.55 bits per heavy atom. The van der Waals surface area contributed by atoms with Crippen LogP contribution in [0.4, 0.5) is 24.7 Å². The third kappa shape index (κ3) is 4.65. The van der Waals surface area contributed by atoms with Crippen LogP contribution in [0.5, 0.6) is 0 Å². The fourth-order valence-electron chi connectivity index (χ4n) is 2.91. The topological polar surface area (TPSA) is 165 Å². The van der Waals surface area contributed by atoms with Crippen molar-refractivity contribution >= 4 is 29.2 Å². The van der Waals surface area contributed by atoms with Crippen molar-refractivity contribution in [1.82, 2.24) is 10.3 Å². The predicted molar refractivity (Wildman–Crippen MR) is 108 cm³/mol. The lowest BCUT2D eigenvalue weighted by Crippen LogP contribution is -2.34. The van der Waals surface area contributed by atoms with E-state index in [0.29, 0.717) is 11.8 Å². The Bertz CT molecular complexity index is 1380. The minimum Gasteiger partial charge on any atom is -0.383 e. The van der Waals surface area contributed by atoms with Crippen molar-refractivity contribution in [2.75, 3.05) is 16.8 Å². The second-order valence-electron chi connectivity index (χ2n) is 6.42. The van der Waals surface area contributed by atoms with E-state index in [-0.39, 0.29) is 33.2 Å². The molecule has 0 atom stereocenters. The summed E-state index contributed by atoms with van der Waals surface area (Å²) < 4.78 is 45.2. The number of anilines is 2. The van der Waals surface area contributed by atoms with Gasteiger partial charge in [-0.2, -0.15) is 23.7 Å². The first kappa shape index (κ1) is 23.4. The third-order valence-electron chi connectivity index (χ3n) is 4.30. The van der Waals surface area contributed by atoms with Gasteiger partial charge in [-0.1, -0.05) is 28.6 Å². The van der Waals surface area contributed by atoms with Crippen molar-refractivity contribution in [3.63, 3.8) is 0 Å². The molecule has 0 bridgehead atoms. The molecule has 0 saturated heterocycles. The van der Waals surface area contributed by atoms with Crippen LogP contribution < -0.4 is 21.4 Å². The number of nitriles is 2. The van der Waals surface area contributed by atoms with Crippen molar-refractivity contribution in [3.05, 3.63) is 51.4 Å². The monoisotopic (exact) mass is 476 g/mol. The summed E-state index contributed by atoms with van der Waals surface area (Å²) in [6, 6.07) is 8.08. The SMILES string of the molecule is C[n+]1[nH]oc(=O)c1-c1c(C#N)c(N)nc(SCC(=O)Nc2ccccc2C(F)(F)F)c1C#N. The van der Waals surface area contributed by atoms with E-state index in [0.717, 1.165) is 16.8 Å². The van der Waals surface area contributed by atoms with Crippen molar-refractivity contribution in [1.29, 1.82) is 10.5 Å². The molecule has 0 aliphatic heterocycles. The number of para-hydroxylation sites is 1. The number of hydrogen-bond donors (Lipinski definition) is 3. The number of H-pyrrole nitrogens is 1. The molecule has 1 aromatic carbocycles. The Morgan fingerprint density at radius 2 is 1.97 bits per heavy atom. The highest BCUT2D eigenvalue weighted by Gasteiger charge is 2.34. The van der Waals surface area contributed by atoms with Gasteiger partial charge >= 0.3 is 17.5 Å². The molecule has 0 spiro atoms. The maximum atomic E-state index is 13.1. The first-order valence-electron chi connectivity index (χ1n) is 8.88. The first-order chi connectivity index (χ1) is 15.6. The number of benzene rings is 1. The van der Waals surface area contributed by atoms with Gasteiger partial charge < -0.3 is 11.1 Å². The average Bonchev–Trinajstić information content (AvgIpc) is 3.09. The van der Waals surface area contributed by atoms with Crippen LogP contribution in [0.1, 0.15) is 16.7 Å². The molecule has 14 heteroatoms. The highest BCUT2D eigenvalue weighted by molar-refractivity contribution is 8.00. The van der Waals surface area contributed by atoms with Gasteiger partial charge in [-0.3, -0.25) is 9.32 Å². The Kier molecular flexibility index (Phi) is 6.41. The number of aromatic nitrogens is 3. The number of nitrogens with zero attached hydrogens (tertiary/aromatic N) is 4. The lowest BCUT2D eigenvalue weighted by molar-refractivity contribution is -0.730. The van der Waals surface area contributed by atoms with Crippen LogP contribution >= 0.6 is 11.8 Å². The molecule has 168 valence electrons. The molecular weight excluding hydrogens is 463 g/mol. The fraction of sp³-hybridized carbons (Fsp3) is 0.158. The summed E-state index contributed by atoms with van der Waals surface area (Å²) in [5.41, 5.74) is 2.70. The quantitative estimate of drug-likeness (QED) is 0.371. The highest BCUT2D eigenvalue weighted by atomic mass is 32.2. The number of rotatable bonds is 5. The number of aromatic amines is 1. The normalized spacial score (nSPS) is 11.0. The molecule has 3 rings (SSSR count). The molecule has 0 radical (unpaired) electrons. The zero-order chi connectivity index (χ0) is 24.3. The lowest BCUT2D eigenvalue weighted by atomic mass is 10.0. The molecule has 0 aliphatic rings. The van der Waals surface area contributed by atoms with Gasteiger partial charge in [0.15, 0.2) is 7.05 Å². The third-order valence-corrected chi connectivity index (χ3v) is 5.28. The van der Waals surface area contributed by atoms with Gasteiger partial charge in [0.2, 0.25) is 5.91 Å². The number of hydrogen-bond acceptors (Lipinski definition) is 8. The van der Waals surface area contributed by atoms with E-state index in [1.54, 1.807) is 6.07 Å². The van der Waals surface area contributed by atoms with E-state index in [2.05, 4.69) is 20.1 Å². The number of aryl methyl sites for hydroxylation is 1. The fourth-order valence-corrected chi connectivity index (χ4v) is 3.70. The van der Waals surface area contributed by atoms with E-state index < -0.39 is 34.7 Å². The van der Waals surface area contributed by atoms with Crippen molar-refractivity contribution in [3.8, 4) is 23.4 Å². The number of nitrogens with one attached hydrogen (secondary N) is 2. The number of nitrogens with two attached hydrogens (primary N) is 1. The van der Waals surface area contributed by atoms with Crippen molar-refractivity contribution in [2.45, 2.75) is 11.2 Å².